The van der Waals surface area contributed by atoms with E-state index >= 15 is 0 Å². The molecule has 1 unspecified atom stereocenters. The van der Waals surface area contributed by atoms with Crippen molar-refractivity contribution in [3.05, 3.63) is 28.7 Å². The maximum atomic E-state index is 11.9. The van der Waals surface area contributed by atoms with Crippen molar-refractivity contribution in [1.29, 1.82) is 0 Å². The molecule has 4 nitrogen and oxygen atoms in total. The lowest BCUT2D eigenvalue weighted by Crippen LogP contribution is -2.42. The maximum Gasteiger partial charge on any atom is 0.261 e. The lowest BCUT2D eigenvalue weighted by atomic mass is 10.1. The standard InChI is InChI=1S/C13H18BrNO3/c1-9(2)12(13(17)15-7-8-16)18-11-5-3-10(14)4-6-11/h3-6,9,12,16H,7-8H2,1-2H3,(H,15,17). The van der Waals surface area contributed by atoms with Crippen molar-refractivity contribution in [2.24, 2.45) is 5.92 Å². The summed E-state index contributed by atoms with van der Waals surface area (Å²) in [4.78, 5) is 11.9. The van der Waals surface area contributed by atoms with Crippen molar-refractivity contribution < 1.29 is 14.6 Å². The fourth-order valence-electron chi connectivity index (χ4n) is 1.43. The summed E-state index contributed by atoms with van der Waals surface area (Å²) in [5, 5.41) is 11.3. The van der Waals surface area contributed by atoms with E-state index in [-0.39, 0.29) is 25.0 Å². The van der Waals surface area contributed by atoms with Gasteiger partial charge in [0.1, 0.15) is 5.75 Å². The number of carbonyl (C=O) groups excluding carboxylic acids is 1. The number of carbonyl (C=O) groups is 1. The number of nitrogens with one attached hydrogen (secondary N) is 1. The topological polar surface area (TPSA) is 58.6 Å². The first-order valence-corrected chi connectivity index (χ1v) is 6.64. The summed E-state index contributed by atoms with van der Waals surface area (Å²) in [5.74, 6) is 0.491. The van der Waals surface area contributed by atoms with Crippen molar-refractivity contribution in [3.8, 4) is 5.75 Å². The van der Waals surface area contributed by atoms with Crippen molar-refractivity contribution in [1.82, 2.24) is 5.32 Å². The number of aliphatic hydroxyl groups excluding tert-OH is 1. The number of hydrogen-bond donors (Lipinski definition) is 2. The van der Waals surface area contributed by atoms with E-state index in [1.807, 2.05) is 26.0 Å². The van der Waals surface area contributed by atoms with Crippen LogP contribution in [0.4, 0.5) is 0 Å². The van der Waals surface area contributed by atoms with Crippen LogP contribution in [-0.2, 0) is 4.79 Å². The number of halogens is 1. The highest BCUT2D eigenvalue weighted by molar-refractivity contribution is 9.10. The largest absolute Gasteiger partial charge is 0.480 e. The molecular formula is C13H18BrNO3. The van der Waals surface area contributed by atoms with Crippen LogP contribution in [0.1, 0.15) is 13.8 Å². The Morgan fingerprint density at radius 1 is 1.39 bits per heavy atom. The molecule has 0 bridgehead atoms. The summed E-state index contributed by atoms with van der Waals surface area (Å²) in [6, 6.07) is 7.33. The van der Waals surface area contributed by atoms with Crippen LogP contribution in [0, 0.1) is 5.92 Å². The van der Waals surface area contributed by atoms with Gasteiger partial charge in [0.05, 0.1) is 6.61 Å². The van der Waals surface area contributed by atoms with Gasteiger partial charge in [-0.25, -0.2) is 0 Å². The number of aliphatic hydroxyl groups is 1. The van der Waals surface area contributed by atoms with Gasteiger partial charge >= 0.3 is 0 Å². The summed E-state index contributed by atoms with van der Waals surface area (Å²) < 4.78 is 6.63. The number of amides is 1. The normalized spacial score (nSPS) is 12.3. The van der Waals surface area contributed by atoms with Crippen LogP contribution in [0.3, 0.4) is 0 Å². The summed E-state index contributed by atoms with van der Waals surface area (Å²) in [6.07, 6.45) is -0.558. The van der Waals surface area contributed by atoms with Crippen molar-refractivity contribution in [2.75, 3.05) is 13.2 Å². The van der Waals surface area contributed by atoms with Crippen LogP contribution in [0.2, 0.25) is 0 Å². The molecule has 2 N–H and O–H groups in total. The van der Waals surface area contributed by atoms with Gasteiger partial charge in [-0.05, 0) is 30.2 Å². The Morgan fingerprint density at radius 2 is 2.00 bits per heavy atom. The molecule has 5 heteroatoms. The fraction of sp³-hybridized carbons (Fsp3) is 0.462. The smallest absolute Gasteiger partial charge is 0.261 e. The second-order valence-corrected chi connectivity index (χ2v) is 5.17. The molecule has 0 aromatic heterocycles. The Balaban J connectivity index is 2.68. The Morgan fingerprint density at radius 3 is 2.50 bits per heavy atom. The molecule has 1 rings (SSSR count). The highest BCUT2D eigenvalue weighted by atomic mass is 79.9. The second-order valence-electron chi connectivity index (χ2n) is 4.25. The molecule has 0 fully saturated rings. The zero-order chi connectivity index (χ0) is 13.5. The third kappa shape index (κ3) is 4.66. The van der Waals surface area contributed by atoms with Gasteiger partial charge in [0.15, 0.2) is 6.10 Å². The summed E-state index contributed by atoms with van der Waals surface area (Å²) in [6.45, 7) is 4.00. The van der Waals surface area contributed by atoms with Crippen molar-refractivity contribution in [3.63, 3.8) is 0 Å². The van der Waals surface area contributed by atoms with Crippen molar-refractivity contribution >= 4 is 21.8 Å². The van der Waals surface area contributed by atoms with E-state index in [2.05, 4.69) is 21.2 Å². The molecule has 0 saturated heterocycles. The second kappa shape index (κ2) is 7.38. The fourth-order valence-corrected chi connectivity index (χ4v) is 1.70. The monoisotopic (exact) mass is 315 g/mol. The SMILES string of the molecule is CC(C)C(Oc1ccc(Br)cc1)C(=O)NCCO. The number of ether oxygens (including phenoxy) is 1. The Hall–Kier alpha value is -1.07. The van der Waals surface area contributed by atoms with E-state index in [0.29, 0.717) is 5.75 Å². The molecule has 0 aliphatic heterocycles. The molecule has 0 aliphatic rings. The van der Waals surface area contributed by atoms with Crippen LogP contribution in [0.25, 0.3) is 0 Å². The molecule has 0 spiro atoms. The van der Waals surface area contributed by atoms with E-state index in [1.165, 1.54) is 0 Å². The van der Waals surface area contributed by atoms with Crippen LogP contribution >= 0.6 is 15.9 Å². The number of rotatable bonds is 6. The minimum Gasteiger partial charge on any atom is -0.480 e. The number of benzene rings is 1. The van der Waals surface area contributed by atoms with E-state index in [0.717, 1.165) is 4.47 Å². The zero-order valence-corrected chi connectivity index (χ0v) is 12.1. The Bertz CT molecular complexity index is 378. The summed E-state index contributed by atoms with van der Waals surface area (Å²) in [7, 11) is 0. The summed E-state index contributed by atoms with van der Waals surface area (Å²) in [5.41, 5.74) is 0. The molecular weight excluding hydrogens is 298 g/mol. The van der Waals surface area contributed by atoms with E-state index in [1.54, 1.807) is 12.1 Å². The van der Waals surface area contributed by atoms with E-state index in [4.69, 9.17) is 9.84 Å². The molecule has 0 radical (unpaired) electrons. The average Bonchev–Trinajstić information content (AvgIpc) is 2.34. The van der Waals surface area contributed by atoms with Crippen LogP contribution < -0.4 is 10.1 Å². The quantitative estimate of drug-likeness (QED) is 0.843. The van der Waals surface area contributed by atoms with Gasteiger partial charge in [0, 0.05) is 11.0 Å². The molecule has 1 atom stereocenters. The van der Waals surface area contributed by atoms with E-state index in [9.17, 15) is 4.79 Å². The average molecular weight is 316 g/mol. The third-order valence-corrected chi connectivity index (χ3v) is 2.88. The third-order valence-electron chi connectivity index (χ3n) is 2.35. The maximum absolute atomic E-state index is 11.9. The molecule has 0 heterocycles. The Kier molecular flexibility index (Phi) is 6.15. The molecule has 100 valence electrons. The first-order chi connectivity index (χ1) is 8.54. The van der Waals surface area contributed by atoms with Crippen LogP contribution in [0.15, 0.2) is 28.7 Å². The van der Waals surface area contributed by atoms with Crippen LogP contribution in [-0.4, -0.2) is 30.3 Å². The highest BCUT2D eigenvalue weighted by Crippen LogP contribution is 2.19. The predicted octanol–water partition coefficient (Wildman–Crippen LogP) is 1.96. The molecule has 1 aromatic rings. The molecule has 18 heavy (non-hydrogen) atoms. The first kappa shape index (κ1) is 15.0. The van der Waals surface area contributed by atoms with Gasteiger partial charge in [-0.15, -0.1) is 0 Å². The zero-order valence-electron chi connectivity index (χ0n) is 10.5. The van der Waals surface area contributed by atoms with Gasteiger partial charge in [0.25, 0.3) is 5.91 Å². The lowest BCUT2D eigenvalue weighted by Gasteiger charge is -2.21. The minimum atomic E-state index is -0.558. The van der Waals surface area contributed by atoms with Gasteiger partial charge in [0.2, 0.25) is 0 Å². The molecule has 1 amide bonds. The molecule has 0 aliphatic carbocycles. The molecule has 1 aromatic carbocycles. The van der Waals surface area contributed by atoms with Gasteiger partial charge < -0.3 is 15.2 Å². The van der Waals surface area contributed by atoms with Gasteiger partial charge in [-0.2, -0.15) is 0 Å². The Labute approximate surface area is 115 Å². The lowest BCUT2D eigenvalue weighted by molar-refractivity contribution is -0.129. The van der Waals surface area contributed by atoms with Crippen LogP contribution in [0.5, 0.6) is 5.75 Å². The van der Waals surface area contributed by atoms with Gasteiger partial charge in [-0.3, -0.25) is 4.79 Å². The minimum absolute atomic E-state index is 0.0485. The van der Waals surface area contributed by atoms with E-state index < -0.39 is 6.10 Å². The molecule has 0 saturated carbocycles. The predicted molar refractivity (Wildman–Crippen MR) is 73.5 cm³/mol. The van der Waals surface area contributed by atoms with Crippen molar-refractivity contribution in [2.45, 2.75) is 20.0 Å². The highest BCUT2D eigenvalue weighted by Gasteiger charge is 2.23. The van der Waals surface area contributed by atoms with Gasteiger partial charge in [-0.1, -0.05) is 29.8 Å². The summed E-state index contributed by atoms with van der Waals surface area (Å²) >= 11 is 3.34. The number of hydrogen-bond acceptors (Lipinski definition) is 3. The first-order valence-electron chi connectivity index (χ1n) is 5.85.